The van der Waals surface area contributed by atoms with Crippen molar-refractivity contribution >= 4 is 92.8 Å². The number of nitrogens with one attached hydrogen (secondary N) is 2. The van der Waals surface area contributed by atoms with Crippen LogP contribution in [0.25, 0.3) is 0 Å². The van der Waals surface area contributed by atoms with Gasteiger partial charge in [0, 0.05) is 51.3 Å². The van der Waals surface area contributed by atoms with Crippen molar-refractivity contribution < 1.29 is 28.8 Å². The number of aromatic amines is 2. The number of hydrogen-bond donors (Lipinski definition) is 2. The average molecular weight is 958 g/mol. The van der Waals surface area contributed by atoms with Crippen LogP contribution in [0.5, 0.6) is 0 Å². The molecule has 0 radical (unpaired) electrons. The first-order chi connectivity index (χ1) is 27.5. The molecule has 4 aromatic carbocycles. The fraction of sp³-hybridized carbons (Fsp3) is 0.167. The second-order valence-electron chi connectivity index (χ2n) is 11.5. The summed E-state index contributed by atoms with van der Waals surface area (Å²) < 4.78 is 16.2. The largest absolute Gasteiger partial charge is 0.365 e. The van der Waals surface area contributed by atoms with E-state index >= 15 is 0 Å². The van der Waals surface area contributed by atoms with Gasteiger partial charge in [-0.2, -0.15) is 0 Å². The highest BCUT2D eigenvalue weighted by Crippen LogP contribution is 2.32. The van der Waals surface area contributed by atoms with Crippen molar-refractivity contribution in [2.45, 2.75) is 38.5 Å². The van der Waals surface area contributed by atoms with Gasteiger partial charge >= 0.3 is 0 Å². The summed E-state index contributed by atoms with van der Waals surface area (Å²) in [6, 6.07) is 21.5. The van der Waals surface area contributed by atoms with Crippen LogP contribution < -0.4 is 9.13 Å². The lowest BCUT2D eigenvalue weighted by Crippen LogP contribution is -2.35. The number of aromatic nitrogens is 4. The smallest absolute Gasteiger partial charge is 0.241 e. The molecule has 0 aliphatic carbocycles. The van der Waals surface area contributed by atoms with Crippen molar-refractivity contribution in [2.24, 2.45) is 0 Å². The standard InChI is InChI=1S/2C18H14Cl4N2O.2NO3/c2*19-13-2-1-12(16(21)7-13)10-25-18(9-24-6-5-23-11-24)15-4-3-14(20)8-17(15)22;2*2-1(3)4/h2*1-8,11,18H,9-10H2;;/q;;2*-1/p+2/t2*18-;;/m11../s1. The summed E-state index contributed by atoms with van der Waals surface area (Å²) in [5.41, 5.74) is 3.45. The topological polar surface area (TPSA) is 190 Å². The van der Waals surface area contributed by atoms with Crippen LogP contribution in [0.15, 0.2) is 110 Å². The molecule has 0 aliphatic rings. The Morgan fingerprint density at radius 2 is 0.828 bits per heavy atom. The molecule has 308 valence electrons. The van der Waals surface area contributed by atoms with E-state index in [2.05, 4.69) is 9.97 Å². The minimum absolute atomic E-state index is 0.266. The molecule has 2 heterocycles. The lowest BCUT2D eigenvalue weighted by Gasteiger charge is -2.19. The fourth-order valence-corrected chi connectivity index (χ4v) is 6.90. The van der Waals surface area contributed by atoms with Gasteiger partial charge in [-0.1, -0.05) is 117 Å². The summed E-state index contributed by atoms with van der Waals surface area (Å²) in [5, 5.41) is 34.1. The molecule has 6 aromatic rings. The first-order valence-corrected chi connectivity index (χ1v) is 19.2. The van der Waals surface area contributed by atoms with Gasteiger partial charge < -0.3 is 40.1 Å². The number of nitrogens with zero attached hydrogens (tertiary/aromatic N) is 4. The van der Waals surface area contributed by atoms with E-state index in [1.807, 2.05) is 70.8 Å². The van der Waals surface area contributed by atoms with Crippen molar-refractivity contribution in [3.05, 3.63) is 203 Å². The fourth-order valence-electron chi connectivity index (χ4n) is 4.92. The highest BCUT2D eigenvalue weighted by atomic mass is 35.5. The number of benzene rings is 4. The number of imidazole rings is 2. The maximum Gasteiger partial charge on any atom is 0.241 e. The number of ether oxygens (including phenoxy) is 2. The number of hydrogen-bond acceptors (Lipinski definition) is 8. The van der Waals surface area contributed by atoms with Crippen LogP contribution in [0.4, 0.5) is 0 Å². The average Bonchev–Trinajstić information content (AvgIpc) is 3.85. The van der Waals surface area contributed by atoms with E-state index in [1.54, 1.807) is 48.5 Å². The monoisotopic (exact) mass is 954 g/mol. The molecule has 2 N–H and O–H groups in total. The molecule has 14 nitrogen and oxygen atoms in total. The Bertz CT molecular complexity index is 2060. The van der Waals surface area contributed by atoms with E-state index in [4.69, 9.17) is 133 Å². The van der Waals surface area contributed by atoms with Gasteiger partial charge in [-0.25, -0.2) is 9.13 Å². The number of halogens is 8. The third-order valence-electron chi connectivity index (χ3n) is 7.49. The second kappa shape index (κ2) is 24.8. The quantitative estimate of drug-likeness (QED) is 0.0688. The zero-order valence-electron chi connectivity index (χ0n) is 29.5. The van der Waals surface area contributed by atoms with E-state index in [9.17, 15) is 0 Å². The Kier molecular flexibility index (Phi) is 20.6. The summed E-state index contributed by atoms with van der Waals surface area (Å²) in [7, 11) is 0. The van der Waals surface area contributed by atoms with E-state index in [-0.39, 0.29) is 12.2 Å². The summed E-state index contributed by atoms with van der Waals surface area (Å²) in [4.78, 5) is 22.5. The van der Waals surface area contributed by atoms with Gasteiger partial charge in [0.2, 0.25) is 12.7 Å². The number of rotatable bonds is 12. The predicted octanol–water partition coefficient (Wildman–Crippen LogP) is 11.3. The molecule has 0 amide bonds. The van der Waals surface area contributed by atoms with Gasteiger partial charge in [-0.3, -0.25) is 9.97 Å². The second-order valence-corrected chi connectivity index (χ2v) is 14.8. The van der Waals surface area contributed by atoms with E-state index in [1.165, 1.54) is 0 Å². The van der Waals surface area contributed by atoms with Crippen LogP contribution in [-0.2, 0) is 35.8 Å². The molecular formula is C36H30Cl8N6O8. The maximum atomic E-state index is 8.25. The van der Waals surface area contributed by atoms with E-state index in [0.717, 1.165) is 22.3 Å². The molecule has 0 aliphatic heterocycles. The Morgan fingerprint density at radius 1 is 0.517 bits per heavy atom. The van der Waals surface area contributed by atoms with Crippen LogP contribution in [0, 0.1) is 30.6 Å². The van der Waals surface area contributed by atoms with Crippen molar-refractivity contribution in [1.82, 2.24) is 9.97 Å². The first kappa shape index (κ1) is 48.3. The van der Waals surface area contributed by atoms with Crippen LogP contribution >= 0.6 is 92.8 Å². The van der Waals surface area contributed by atoms with Crippen molar-refractivity contribution in [3.63, 3.8) is 0 Å². The van der Waals surface area contributed by atoms with Gasteiger partial charge in [0.15, 0.2) is 0 Å². The molecule has 0 saturated heterocycles. The Hall–Kier alpha value is -4.06. The van der Waals surface area contributed by atoms with Gasteiger partial charge in [-0.15, -0.1) is 0 Å². The molecule has 22 heteroatoms. The SMILES string of the molecule is Clc1ccc(CO[C@H](C[n+]2cc[nH]c2)c2ccc(Cl)cc2Cl)c(Cl)c1.Clc1ccc(CO[C@H](C[n+]2cc[nH]c2)c2ccc(Cl)cc2Cl)c(Cl)c1.O=[N+]([O-])[O-].O=[N+]([O-])[O-]. The van der Waals surface area contributed by atoms with Gasteiger partial charge in [-0.05, 0) is 59.7 Å². The zero-order valence-corrected chi connectivity index (χ0v) is 35.5. The minimum Gasteiger partial charge on any atom is -0.365 e. The predicted molar refractivity (Wildman–Crippen MR) is 224 cm³/mol. The Morgan fingerprint density at radius 3 is 1.10 bits per heavy atom. The van der Waals surface area contributed by atoms with Crippen LogP contribution in [-0.4, -0.2) is 20.1 Å². The summed E-state index contributed by atoms with van der Waals surface area (Å²) in [6.07, 6.45) is 10.7. The zero-order chi connectivity index (χ0) is 42.8. The molecule has 0 unspecified atom stereocenters. The van der Waals surface area contributed by atoms with Crippen LogP contribution in [0.1, 0.15) is 34.5 Å². The van der Waals surface area contributed by atoms with Crippen molar-refractivity contribution in [1.29, 1.82) is 0 Å². The molecule has 2 atom stereocenters. The number of H-pyrrole nitrogens is 2. The summed E-state index contributed by atoms with van der Waals surface area (Å²) >= 11 is 49.1. The molecule has 2 aromatic heterocycles. The van der Waals surface area contributed by atoms with Crippen LogP contribution in [0.3, 0.4) is 0 Å². The highest BCUT2D eigenvalue weighted by Gasteiger charge is 2.21. The van der Waals surface area contributed by atoms with Gasteiger partial charge in [0.1, 0.15) is 50.1 Å². The molecule has 0 fully saturated rings. The molecule has 6 rings (SSSR count). The lowest BCUT2D eigenvalue weighted by molar-refractivity contribution is -0.704. The van der Waals surface area contributed by atoms with E-state index in [0.29, 0.717) is 66.5 Å². The molecular weight excluding hydrogens is 928 g/mol. The Balaban J connectivity index is 0.000000262. The summed E-state index contributed by atoms with van der Waals surface area (Å²) in [6.45, 7) is 1.86. The summed E-state index contributed by atoms with van der Waals surface area (Å²) in [5.74, 6) is 0. The third kappa shape index (κ3) is 17.4. The maximum absolute atomic E-state index is 8.25. The minimum atomic E-state index is -1.75. The third-order valence-corrected chi connectivity index (χ3v) is 9.79. The van der Waals surface area contributed by atoms with Crippen molar-refractivity contribution in [2.75, 3.05) is 0 Å². The van der Waals surface area contributed by atoms with Gasteiger partial charge in [0.25, 0.3) is 0 Å². The molecule has 0 spiro atoms. The Labute approximate surface area is 371 Å². The van der Waals surface area contributed by atoms with Crippen LogP contribution in [0.2, 0.25) is 40.2 Å². The lowest BCUT2D eigenvalue weighted by atomic mass is 10.1. The van der Waals surface area contributed by atoms with E-state index < -0.39 is 10.2 Å². The highest BCUT2D eigenvalue weighted by molar-refractivity contribution is 6.36. The molecule has 0 bridgehead atoms. The first-order valence-electron chi connectivity index (χ1n) is 16.2. The van der Waals surface area contributed by atoms with Crippen molar-refractivity contribution in [3.8, 4) is 0 Å². The normalized spacial score (nSPS) is 11.4. The molecule has 58 heavy (non-hydrogen) atoms. The van der Waals surface area contributed by atoms with Gasteiger partial charge in [0.05, 0.1) is 23.4 Å². The molecule has 0 saturated carbocycles.